The van der Waals surface area contributed by atoms with Crippen LogP contribution in [0.1, 0.15) is 25.5 Å². The molecule has 0 fully saturated rings. The number of benzene rings is 2. The topological polar surface area (TPSA) is 90.9 Å². The van der Waals surface area contributed by atoms with E-state index >= 15 is 0 Å². The van der Waals surface area contributed by atoms with Crippen LogP contribution in [-0.4, -0.2) is 31.1 Å². The van der Waals surface area contributed by atoms with Gasteiger partial charge in [0.25, 0.3) is 5.91 Å². The predicted molar refractivity (Wildman–Crippen MR) is 107 cm³/mol. The summed E-state index contributed by atoms with van der Waals surface area (Å²) < 4.78 is 15.5. The van der Waals surface area contributed by atoms with Crippen molar-refractivity contribution in [1.82, 2.24) is 0 Å². The van der Waals surface area contributed by atoms with Gasteiger partial charge in [0.15, 0.2) is 0 Å². The maximum atomic E-state index is 12.9. The molecule has 1 N–H and O–H groups in total. The molecule has 2 aromatic carbocycles. The van der Waals surface area contributed by atoms with Gasteiger partial charge >= 0.3 is 11.9 Å². The van der Waals surface area contributed by atoms with Crippen LogP contribution >= 0.6 is 0 Å². The first-order chi connectivity index (χ1) is 14.0. The quantitative estimate of drug-likeness (QED) is 0.515. The Balaban J connectivity index is 2.19. The monoisotopic (exact) mass is 397 g/mol. The SMILES string of the molecule is CCOC(=O)/C=C/C(=O)O[C@@H](C(=O)Nc1ccccc1OCC)c1ccccc1. The number of nitrogens with one attached hydrogen (secondary N) is 1. The van der Waals surface area contributed by atoms with Crippen LogP contribution in [0.15, 0.2) is 66.7 Å². The number of hydrogen-bond donors (Lipinski definition) is 1. The molecule has 0 aromatic heterocycles. The summed E-state index contributed by atoms with van der Waals surface area (Å²) in [6.07, 6.45) is 0.663. The summed E-state index contributed by atoms with van der Waals surface area (Å²) in [5.41, 5.74) is 0.940. The predicted octanol–water partition coefficient (Wildman–Crippen LogP) is 3.43. The average Bonchev–Trinajstić information content (AvgIpc) is 2.73. The number of carbonyl (C=O) groups excluding carboxylic acids is 3. The van der Waals surface area contributed by atoms with Gasteiger partial charge in [-0.25, -0.2) is 9.59 Å². The van der Waals surface area contributed by atoms with E-state index in [1.54, 1.807) is 61.5 Å². The van der Waals surface area contributed by atoms with Crippen LogP contribution in [0.5, 0.6) is 5.75 Å². The highest BCUT2D eigenvalue weighted by molar-refractivity contribution is 5.98. The highest BCUT2D eigenvalue weighted by Gasteiger charge is 2.25. The number of hydrogen-bond acceptors (Lipinski definition) is 6. The van der Waals surface area contributed by atoms with Crippen molar-refractivity contribution in [2.45, 2.75) is 20.0 Å². The van der Waals surface area contributed by atoms with Crippen molar-refractivity contribution in [3.63, 3.8) is 0 Å². The van der Waals surface area contributed by atoms with Crippen molar-refractivity contribution >= 4 is 23.5 Å². The van der Waals surface area contributed by atoms with Crippen LogP contribution < -0.4 is 10.1 Å². The first kappa shape index (κ1) is 21.7. The van der Waals surface area contributed by atoms with Crippen LogP contribution in [0.4, 0.5) is 5.69 Å². The Morgan fingerprint density at radius 2 is 1.55 bits per heavy atom. The van der Waals surface area contributed by atoms with Gasteiger partial charge in [0.05, 0.1) is 18.9 Å². The van der Waals surface area contributed by atoms with E-state index in [1.807, 2.05) is 6.92 Å². The second kappa shape index (κ2) is 11.3. The lowest BCUT2D eigenvalue weighted by atomic mass is 10.1. The summed E-state index contributed by atoms with van der Waals surface area (Å²) in [6.45, 7) is 4.11. The Morgan fingerprint density at radius 3 is 2.24 bits per heavy atom. The van der Waals surface area contributed by atoms with Crippen LogP contribution in [0, 0.1) is 0 Å². The van der Waals surface area contributed by atoms with Gasteiger partial charge in [-0.1, -0.05) is 42.5 Å². The summed E-state index contributed by atoms with van der Waals surface area (Å²) in [5, 5.41) is 2.73. The molecule has 0 bridgehead atoms. The van der Waals surface area contributed by atoms with Gasteiger partial charge in [0.1, 0.15) is 5.75 Å². The van der Waals surface area contributed by atoms with Crippen molar-refractivity contribution in [2.75, 3.05) is 18.5 Å². The molecule has 1 amide bonds. The molecule has 1 atom stereocenters. The zero-order chi connectivity index (χ0) is 21.1. The van der Waals surface area contributed by atoms with Gasteiger partial charge in [-0.15, -0.1) is 0 Å². The van der Waals surface area contributed by atoms with Crippen LogP contribution in [0.2, 0.25) is 0 Å². The molecule has 0 unspecified atom stereocenters. The first-order valence-electron chi connectivity index (χ1n) is 9.18. The number of amides is 1. The number of para-hydroxylation sites is 2. The molecule has 2 aromatic rings. The lowest BCUT2D eigenvalue weighted by Gasteiger charge is -2.18. The number of rotatable bonds is 9. The van der Waals surface area contributed by atoms with E-state index in [4.69, 9.17) is 14.2 Å². The molecular weight excluding hydrogens is 374 g/mol. The number of carbonyl (C=O) groups is 3. The maximum Gasteiger partial charge on any atom is 0.332 e. The second-order valence-electron chi connectivity index (χ2n) is 5.73. The van der Waals surface area contributed by atoms with Crippen LogP contribution in [-0.2, 0) is 23.9 Å². The molecule has 0 spiro atoms. The molecule has 0 heterocycles. The van der Waals surface area contributed by atoms with Gasteiger partial charge < -0.3 is 19.5 Å². The molecular formula is C22H23NO6. The van der Waals surface area contributed by atoms with Gasteiger partial charge in [0.2, 0.25) is 6.10 Å². The fourth-order valence-electron chi connectivity index (χ4n) is 2.43. The molecule has 2 rings (SSSR count). The van der Waals surface area contributed by atoms with Crippen molar-refractivity contribution in [2.24, 2.45) is 0 Å². The summed E-state index contributed by atoms with van der Waals surface area (Å²) in [5.74, 6) is -1.57. The summed E-state index contributed by atoms with van der Waals surface area (Å²) in [7, 11) is 0. The summed E-state index contributed by atoms with van der Waals surface area (Å²) in [6, 6.07) is 15.5. The van der Waals surface area contributed by atoms with Crippen molar-refractivity contribution in [3.05, 3.63) is 72.3 Å². The molecule has 0 radical (unpaired) electrons. The van der Waals surface area contributed by atoms with Crippen molar-refractivity contribution < 1.29 is 28.6 Å². The minimum absolute atomic E-state index is 0.187. The molecule has 29 heavy (non-hydrogen) atoms. The van der Waals surface area contributed by atoms with Crippen LogP contribution in [0.3, 0.4) is 0 Å². The third-order valence-corrected chi connectivity index (χ3v) is 3.66. The maximum absolute atomic E-state index is 12.9. The molecule has 7 heteroatoms. The Hall–Kier alpha value is -3.61. The fourth-order valence-corrected chi connectivity index (χ4v) is 2.43. The molecule has 0 aliphatic carbocycles. The van der Waals surface area contributed by atoms with E-state index in [9.17, 15) is 14.4 Å². The molecule has 0 saturated heterocycles. The highest BCUT2D eigenvalue weighted by Crippen LogP contribution is 2.26. The second-order valence-corrected chi connectivity index (χ2v) is 5.73. The Kier molecular flexibility index (Phi) is 8.44. The van der Waals surface area contributed by atoms with E-state index < -0.39 is 23.9 Å². The van der Waals surface area contributed by atoms with Gasteiger partial charge in [-0.2, -0.15) is 0 Å². The smallest absolute Gasteiger partial charge is 0.332 e. The van der Waals surface area contributed by atoms with E-state index in [-0.39, 0.29) is 6.61 Å². The van der Waals surface area contributed by atoms with Crippen molar-refractivity contribution in [1.29, 1.82) is 0 Å². The standard InChI is InChI=1S/C22H23NO6/c1-3-27-18-13-9-8-12-17(18)23-22(26)21(16-10-6-5-7-11-16)29-20(25)15-14-19(24)28-4-2/h5-15,21H,3-4H2,1-2H3,(H,23,26)/b15-14+/t21-/m1/s1. The van der Waals surface area contributed by atoms with E-state index in [1.165, 1.54) is 0 Å². The summed E-state index contributed by atoms with van der Waals surface area (Å²) in [4.78, 5) is 36.4. The minimum Gasteiger partial charge on any atom is -0.492 e. The minimum atomic E-state index is -1.22. The zero-order valence-corrected chi connectivity index (χ0v) is 16.3. The third-order valence-electron chi connectivity index (χ3n) is 3.66. The Labute approximate surface area is 169 Å². The Morgan fingerprint density at radius 1 is 0.897 bits per heavy atom. The van der Waals surface area contributed by atoms with E-state index in [0.29, 0.717) is 23.6 Å². The van der Waals surface area contributed by atoms with Gasteiger partial charge in [0, 0.05) is 17.7 Å². The molecule has 0 aliphatic heterocycles. The van der Waals surface area contributed by atoms with Gasteiger partial charge in [-0.3, -0.25) is 4.79 Å². The summed E-state index contributed by atoms with van der Waals surface area (Å²) >= 11 is 0. The molecule has 152 valence electrons. The number of anilines is 1. The van der Waals surface area contributed by atoms with E-state index in [2.05, 4.69) is 5.32 Å². The lowest BCUT2D eigenvalue weighted by molar-refractivity contribution is -0.150. The molecule has 7 nitrogen and oxygen atoms in total. The van der Waals surface area contributed by atoms with E-state index in [0.717, 1.165) is 12.2 Å². The largest absolute Gasteiger partial charge is 0.492 e. The average molecular weight is 397 g/mol. The first-order valence-corrected chi connectivity index (χ1v) is 9.18. The third kappa shape index (κ3) is 6.80. The number of esters is 2. The van der Waals surface area contributed by atoms with Crippen LogP contribution in [0.25, 0.3) is 0 Å². The Bertz CT molecular complexity index is 863. The highest BCUT2D eigenvalue weighted by atomic mass is 16.5. The molecule has 0 aliphatic rings. The normalized spacial score (nSPS) is 11.5. The van der Waals surface area contributed by atoms with Crippen molar-refractivity contribution in [3.8, 4) is 5.75 Å². The lowest BCUT2D eigenvalue weighted by Crippen LogP contribution is -2.25. The molecule has 0 saturated carbocycles. The fraction of sp³-hybridized carbons (Fsp3) is 0.227. The zero-order valence-electron chi connectivity index (χ0n) is 16.3. The number of ether oxygens (including phenoxy) is 3. The van der Waals surface area contributed by atoms with Gasteiger partial charge in [-0.05, 0) is 26.0 Å².